The van der Waals surface area contributed by atoms with E-state index in [4.69, 9.17) is 9.84 Å². The van der Waals surface area contributed by atoms with Crippen molar-refractivity contribution in [1.82, 2.24) is 4.90 Å². The Bertz CT molecular complexity index is 416. The van der Waals surface area contributed by atoms with E-state index in [0.717, 1.165) is 36.4 Å². The van der Waals surface area contributed by atoms with Gasteiger partial charge in [-0.25, -0.2) is 4.79 Å². The lowest BCUT2D eigenvalue weighted by Crippen LogP contribution is -2.35. The molecule has 5 heteroatoms. The van der Waals surface area contributed by atoms with E-state index in [-0.39, 0.29) is 0 Å². The minimum Gasteiger partial charge on any atom is -0.478 e. The van der Waals surface area contributed by atoms with Crippen molar-refractivity contribution in [3.63, 3.8) is 0 Å². The highest BCUT2D eigenvalue weighted by atomic mass is 127. The molecule has 4 nitrogen and oxygen atoms in total. The fraction of sp³-hybridized carbons (Fsp3) is 0.417. The first-order chi connectivity index (χ1) is 8.16. The molecule has 0 saturated carbocycles. The number of aromatic carboxylic acids is 1. The quantitative estimate of drug-likeness (QED) is 0.848. The Labute approximate surface area is 114 Å². The first-order valence-corrected chi connectivity index (χ1v) is 6.56. The van der Waals surface area contributed by atoms with Crippen LogP contribution in [0.2, 0.25) is 0 Å². The maximum absolute atomic E-state index is 10.8. The molecule has 1 fully saturated rings. The van der Waals surface area contributed by atoms with Crippen LogP contribution in [-0.4, -0.2) is 42.3 Å². The average Bonchev–Trinajstić information content (AvgIpc) is 2.33. The van der Waals surface area contributed by atoms with Crippen LogP contribution in [0.5, 0.6) is 0 Å². The summed E-state index contributed by atoms with van der Waals surface area (Å²) in [4.78, 5) is 13.1. The van der Waals surface area contributed by atoms with Crippen LogP contribution in [0.1, 0.15) is 15.9 Å². The zero-order valence-electron chi connectivity index (χ0n) is 9.36. The third-order valence-corrected chi connectivity index (χ3v) is 3.80. The van der Waals surface area contributed by atoms with Gasteiger partial charge >= 0.3 is 5.97 Å². The van der Waals surface area contributed by atoms with Crippen molar-refractivity contribution in [2.24, 2.45) is 0 Å². The zero-order valence-corrected chi connectivity index (χ0v) is 11.5. The SMILES string of the molecule is O=C(O)c1ccc(CN2CCOCC2)c(I)c1. The molecule has 0 bridgehead atoms. The molecule has 0 spiro atoms. The molecule has 1 aromatic rings. The fourth-order valence-electron chi connectivity index (χ4n) is 1.81. The number of hydrogen-bond acceptors (Lipinski definition) is 3. The highest BCUT2D eigenvalue weighted by molar-refractivity contribution is 14.1. The molecular weight excluding hydrogens is 333 g/mol. The Balaban J connectivity index is 2.08. The Hall–Kier alpha value is -0.660. The molecule has 0 aromatic heterocycles. The fourth-order valence-corrected chi connectivity index (χ4v) is 2.49. The van der Waals surface area contributed by atoms with Gasteiger partial charge in [0.25, 0.3) is 0 Å². The van der Waals surface area contributed by atoms with Crippen molar-refractivity contribution in [3.8, 4) is 0 Å². The molecule has 1 saturated heterocycles. The van der Waals surface area contributed by atoms with Gasteiger partial charge in [0.05, 0.1) is 18.8 Å². The van der Waals surface area contributed by atoms with Crippen LogP contribution < -0.4 is 0 Å². The summed E-state index contributed by atoms with van der Waals surface area (Å²) in [6.07, 6.45) is 0. The maximum Gasteiger partial charge on any atom is 0.335 e. The molecule has 1 heterocycles. The predicted octanol–water partition coefficient (Wildman–Crippen LogP) is 1.82. The minimum absolute atomic E-state index is 0.347. The lowest BCUT2D eigenvalue weighted by atomic mass is 10.1. The van der Waals surface area contributed by atoms with Crippen LogP contribution in [0.3, 0.4) is 0 Å². The number of nitrogens with zero attached hydrogens (tertiary/aromatic N) is 1. The molecule has 2 rings (SSSR count). The summed E-state index contributed by atoms with van der Waals surface area (Å²) in [5, 5.41) is 8.89. The van der Waals surface area contributed by atoms with E-state index < -0.39 is 5.97 Å². The van der Waals surface area contributed by atoms with Crippen LogP contribution in [0, 0.1) is 3.57 Å². The second kappa shape index (κ2) is 5.79. The van der Waals surface area contributed by atoms with Crippen molar-refractivity contribution in [1.29, 1.82) is 0 Å². The van der Waals surface area contributed by atoms with E-state index in [1.54, 1.807) is 12.1 Å². The summed E-state index contributed by atoms with van der Waals surface area (Å²) < 4.78 is 6.31. The van der Waals surface area contributed by atoms with Crippen molar-refractivity contribution in [2.45, 2.75) is 6.54 Å². The average molecular weight is 347 g/mol. The Kier molecular flexibility index (Phi) is 4.36. The summed E-state index contributed by atoms with van der Waals surface area (Å²) in [6.45, 7) is 4.31. The number of carboxylic acids is 1. The number of carbonyl (C=O) groups is 1. The van der Waals surface area contributed by atoms with Gasteiger partial charge in [0.2, 0.25) is 0 Å². The molecule has 1 aliphatic heterocycles. The predicted molar refractivity (Wildman–Crippen MR) is 72.2 cm³/mol. The van der Waals surface area contributed by atoms with Gasteiger partial charge in [0, 0.05) is 23.2 Å². The molecule has 0 atom stereocenters. The molecule has 0 amide bonds. The van der Waals surface area contributed by atoms with Gasteiger partial charge in [-0.05, 0) is 40.3 Å². The van der Waals surface area contributed by atoms with Crippen LogP contribution in [0.25, 0.3) is 0 Å². The third kappa shape index (κ3) is 3.40. The van der Waals surface area contributed by atoms with Gasteiger partial charge in [-0.2, -0.15) is 0 Å². The van der Waals surface area contributed by atoms with Gasteiger partial charge in [0.15, 0.2) is 0 Å². The van der Waals surface area contributed by atoms with Gasteiger partial charge in [-0.15, -0.1) is 0 Å². The number of hydrogen-bond donors (Lipinski definition) is 1. The van der Waals surface area contributed by atoms with E-state index in [9.17, 15) is 4.79 Å². The molecule has 0 unspecified atom stereocenters. The van der Waals surface area contributed by atoms with E-state index in [0.29, 0.717) is 5.56 Å². The summed E-state index contributed by atoms with van der Waals surface area (Å²) in [6, 6.07) is 5.29. The van der Waals surface area contributed by atoms with Crippen LogP contribution in [0.15, 0.2) is 18.2 Å². The number of halogens is 1. The zero-order chi connectivity index (χ0) is 12.3. The van der Waals surface area contributed by atoms with Crippen molar-refractivity contribution in [2.75, 3.05) is 26.3 Å². The van der Waals surface area contributed by atoms with Gasteiger partial charge in [-0.3, -0.25) is 4.90 Å². The van der Waals surface area contributed by atoms with Gasteiger partial charge in [-0.1, -0.05) is 6.07 Å². The Morgan fingerprint density at radius 3 is 2.71 bits per heavy atom. The molecule has 0 radical (unpaired) electrons. The standard InChI is InChI=1S/C12H14INO3/c13-11-7-9(12(15)16)1-2-10(11)8-14-3-5-17-6-4-14/h1-2,7H,3-6,8H2,(H,15,16). The number of benzene rings is 1. The molecule has 92 valence electrons. The lowest BCUT2D eigenvalue weighted by Gasteiger charge is -2.27. The molecule has 1 aromatic carbocycles. The first-order valence-electron chi connectivity index (χ1n) is 5.48. The molecular formula is C12H14INO3. The molecule has 1 aliphatic rings. The molecule has 0 aliphatic carbocycles. The highest BCUT2D eigenvalue weighted by Crippen LogP contribution is 2.17. The van der Waals surface area contributed by atoms with Crippen LogP contribution >= 0.6 is 22.6 Å². The Morgan fingerprint density at radius 2 is 2.12 bits per heavy atom. The first kappa shape index (κ1) is 12.8. The topological polar surface area (TPSA) is 49.8 Å². The smallest absolute Gasteiger partial charge is 0.335 e. The summed E-state index contributed by atoms with van der Waals surface area (Å²) >= 11 is 2.19. The van der Waals surface area contributed by atoms with Crippen LogP contribution in [-0.2, 0) is 11.3 Å². The second-order valence-electron chi connectivity index (χ2n) is 4.00. The Morgan fingerprint density at radius 1 is 1.41 bits per heavy atom. The van der Waals surface area contributed by atoms with E-state index in [1.165, 1.54) is 5.56 Å². The summed E-state index contributed by atoms with van der Waals surface area (Å²) in [5.41, 5.74) is 1.53. The van der Waals surface area contributed by atoms with E-state index in [1.807, 2.05) is 6.07 Å². The number of rotatable bonds is 3. The molecule has 1 N–H and O–H groups in total. The van der Waals surface area contributed by atoms with E-state index >= 15 is 0 Å². The minimum atomic E-state index is -0.874. The van der Waals surface area contributed by atoms with Crippen molar-refractivity contribution in [3.05, 3.63) is 32.9 Å². The number of carboxylic acid groups (broad SMARTS) is 1. The maximum atomic E-state index is 10.8. The largest absolute Gasteiger partial charge is 0.478 e. The summed E-state index contributed by atoms with van der Waals surface area (Å²) in [7, 11) is 0. The normalized spacial score (nSPS) is 17.0. The highest BCUT2D eigenvalue weighted by Gasteiger charge is 2.13. The number of ether oxygens (including phenoxy) is 1. The van der Waals surface area contributed by atoms with Gasteiger partial charge < -0.3 is 9.84 Å². The lowest BCUT2D eigenvalue weighted by molar-refractivity contribution is 0.0341. The number of morpholine rings is 1. The van der Waals surface area contributed by atoms with Crippen molar-refractivity contribution >= 4 is 28.6 Å². The third-order valence-electron chi connectivity index (χ3n) is 2.80. The van der Waals surface area contributed by atoms with Crippen LogP contribution in [0.4, 0.5) is 0 Å². The second-order valence-corrected chi connectivity index (χ2v) is 5.16. The van der Waals surface area contributed by atoms with Gasteiger partial charge in [0.1, 0.15) is 0 Å². The van der Waals surface area contributed by atoms with E-state index in [2.05, 4.69) is 27.5 Å². The van der Waals surface area contributed by atoms with Crippen molar-refractivity contribution < 1.29 is 14.6 Å². The molecule has 17 heavy (non-hydrogen) atoms. The summed E-state index contributed by atoms with van der Waals surface area (Å²) in [5.74, 6) is -0.874. The monoisotopic (exact) mass is 347 g/mol.